The number of alkyl halides is 1. The normalized spacial score (nSPS) is 20.3. The van der Waals surface area contributed by atoms with Crippen LogP contribution < -0.4 is 0 Å². The molecule has 17 heavy (non-hydrogen) atoms. The third-order valence-electron chi connectivity index (χ3n) is 2.73. The van der Waals surface area contributed by atoms with E-state index in [1.165, 1.54) is 6.07 Å². The standard InChI is InChI=1S/C12H14BrNO3/c13-7-9-8-14(5-6-17-9)12(16)10-3-1-2-4-11(10)15/h1-4,9,15H,5-8H2. The molecule has 1 unspecified atom stereocenters. The summed E-state index contributed by atoms with van der Waals surface area (Å²) in [5.74, 6) is -0.114. The van der Waals surface area contributed by atoms with Crippen molar-refractivity contribution in [3.8, 4) is 5.75 Å². The van der Waals surface area contributed by atoms with Gasteiger partial charge in [-0.2, -0.15) is 0 Å². The molecule has 1 fully saturated rings. The topological polar surface area (TPSA) is 49.8 Å². The van der Waals surface area contributed by atoms with Crippen LogP contribution in [0.15, 0.2) is 24.3 Å². The lowest BCUT2D eigenvalue weighted by Gasteiger charge is -2.32. The Balaban J connectivity index is 2.12. The number of hydrogen-bond donors (Lipinski definition) is 1. The fourth-order valence-electron chi connectivity index (χ4n) is 1.82. The maximum atomic E-state index is 12.2. The Bertz CT molecular complexity index is 410. The van der Waals surface area contributed by atoms with Crippen LogP contribution in [0.3, 0.4) is 0 Å². The van der Waals surface area contributed by atoms with Crippen LogP contribution in [0.4, 0.5) is 0 Å². The highest BCUT2D eigenvalue weighted by Gasteiger charge is 2.25. The zero-order chi connectivity index (χ0) is 12.3. The second-order valence-corrected chi connectivity index (χ2v) is 4.56. The van der Waals surface area contributed by atoms with E-state index >= 15 is 0 Å². The van der Waals surface area contributed by atoms with E-state index in [2.05, 4.69) is 15.9 Å². The summed E-state index contributed by atoms with van der Waals surface area (Å²) in [5.41, 5.74) is 0.350. The molecule has 1 atom stereocenters. The van der Waals surface area contributed by atoms with Gasteiger partial charge in [-0.15, -0.1) is 0 Å². The van der Waals surface area contributed by atoms with E-state index in [-0.39, 0.29) is 17.8 Å². The van der Waals surface area contributed by atoms with Gasteiger partial charge in [-0.1, -0.05) is 28.1 Å². The molecule has 1 aliphatic heterocycles. The number of amides is 1. The molecule has 92 valence electrons. The van der Waals surface area contributed by atoms with Crippen molar-refractivity contribution >= 4 is 21.8 Å². The zero-order valence-electron chi connectivity index (χ0n) is 9.30. The lowest BCUT2D eigenvalue weighted by atomic mass is 10.1. The van der Waals surface area contributed by atoms with E-state index in [0.29, 0.717) is 30.6 Å². The fraction of sp³-hybridized carbons (Fsp3) is 0.417. The molecule has 0 bridgehead atoms. The predicted molar refractivity (Wildman–Crippen MR) is 67.5 cm³/mol. The predicted octanol–water partition coefficient (Wildman–Crippen LogP) is 1.63. The van der Waals surface area contributed by atoms with Crippen molar-refractivity contribution in [1.82, 2.24) is 4.90 Å². The molecular formula is C12H14BrNO3. The SMILES string of the molecule is O=C(c1ccccc1O)N1CCOC(CBr)C1. The summed E-state index contributed by atoms with van der Waals surface area (Å²) in [4.78, 5) is 13.9. The summed E-state index contributed by atoms with van der Waals surface area (Å²) in [6, 6.07) is 6.61. The molecule has 5 heteroatoms. The molecule has 0 saturated carbocycles. The van der Waals surface area contributed by atoms with Gasteiger partial charge in [0, 0.05) is 18.4 Å². The minimum absolute atomic E-state index is 0.0264. The summed E-state index contributed by atoms with van der Waals surface area (Å²) >= 11 is 3.35. The molecule has 1 N–H and O–H groups in total. The zero-order valence-corrected chi connectivity index (χ0v) is 10.9. The number of rotatable bonds is 2. The largest absolute Gasteiger partial charge is 0.507 e. The van der Waals surface area contributed by atoms with Crippen LogP contribution >= 0.6 is 15.9 Å². The minimum atomic E-state index is -0.141. The summed E-state index contributed by atoms with van der Waals surface area (Å²) in [5, 5.41) is 10.4. The number of aromatic hydroxyl groups is 1. The van der Waals surface area contributed by atoms with Gasteiger partial charge in [-0.3, -0.25) is 4.79 Å². The first kappa shape index (κ1) is 12.4. The van der Waals surface area contributed by atoms with Gasteiger partial charge in [0.2, 0.25) is 0 Å². The third kappa shape index (κ3) is 2.79. The lowest BCUT2D eigenvalue weighted by molar-refractivity contribution is -0.00975. The molecular weight excluding hydrogens is 286 g/mol. The quantitative estimate of drug-likeness (QED) is 0.845. The van der Waals surface area contributed by atoms with Gasteiger partial charge in [0.15, 0.2) is 0 Å². The number of nitrogens with zero attached hydrogens (tertiary/aromatic N) is 1. The van der Waals surface area contributed by atoms with Gasteiger partial charge in [-0.05, 0) is 12.1 Å². The molecule has 1 amide bonds. The average Bonchev–Trinajstić information content (AvgIpc) is 2.38. The maximum Gasteiger partial charge on any atom is 0.257 e. The Morgan fingerprint density at radius 1 is 1.53 bits per heavy atom. The molecule has 4 nitrogen and oxygen atoms in total. The number of hydrogen-bond acceptors (Lipinski definition) is 3. The van der Waals surface area contributed by atoms with Crippen LogP contribution in [0.25, 0.3) is 0 Å². The maximum absolute atomic E-state index is 12.2. The van der Waals surface area contributed by atoms with Gasteiger partial charge in [0.1, 0.15) is 5.75 Å². The number of halogens is 1. The average molecular weight is 300 g/mol. The second-order valence-electron chi connectivity index (χ2n) is 3.92. The molecule has 1 aliphatic rings. The third-order valence-corrected chi connectivity index (χ3v) is 3.45. The number of carbonyl (C=O) groups is 1. The van der Waals surface area contributed by atoms with Crippen LogP contribution in [-0.4, -0.2) is 47.0 Å². The van der Waals surface area contributed by atoms with Gasteiger partial charge in [0.25, 0.3) is 5.91 Å². The first-order valence-electron chi connectivity index (χ1n) is 5.47. The van der Waals surface area contributed by atoms with E-state index in [9.17, 15) is 9.90 Å². The molecule has 1 heterocycles. The Hall–Kier alpha value is -1.07. The Morgan fingerprint density at radius 2 is 2.29 bits per heavy atom. The molecule has 1 aromatic rings. The summed E-state index contributed by atoms with van der Waals surface area (Å²) < 4.78 is 5.47. The highest BCUT2D eigenvalue weighted by Crippen LogP contribution is 2.19. The molecule has 1 aromatic carbocycles. The minimum Gasteiger partial charge on any atom is -0.507 e. The first-order chi connectivity index (χ1) is 8.22. The monoisotopic (exact) mass is 299 g/mol. The van der Waals surface area contributed by atoms with E-state index in [1.807, 2.05) is 0 Å². The van der Waals surface area contributed by atoms with Crippen molar-refractivity contribution in [3.05, 3.63) is 29.8 Å². The van der Waals surface area contributed by atoms with E-state index in [1.54, 1.807) is 23.1 Å². The molecule has 0 radical (unpaired) electrons. The first-order valence-corrected chi connectivity index (χ1v) is 6.59. The van der Waals surface area contributed by atoms with Crippen LogP contribution in [0.5, 0.6) is 5.75 Å². The number of carbonyl (C=O) groups excluding carboxylic acids is 1. The molecule has 2 rings (SSSR count). The highest BCUT2D eigenvalue weighted by atomic mass is 79.9. The van der Waals surface area contributed by atoms with Crippen LogP contribution in [-0.2, 0) is 4.74 Å². The van der Waals surface area contributed by atoms with Gasteiger partial charge >= 0.3 is 0 Å². The summed E-state index contributed by atoms with van der Waals surface area (Å²) in [6.07, 6.45) is 0.0264. The lowest BCUT2D eigenvalue weighted by Crippen LogP contribution is -2.46. The number of phenols is 1. The van der Waals surface area contributed by atoms with Crippen LogP contribution in [0.1, 0.15) is 10.4 Å². The van der Waals surface area contributed by atoms with Crippen molar-refractivity contribution in [2.75, 3.05) is 25.0 Å². The number of para-hydroxylation sites is 1. The second kappa shape index (κ2) is 5.51. The molecule has 0 aliphatic carbocycles. The van der Waals surface area contributed by atoms with Crippen molar-refractivity contribution in [2.45, 2.75) is 6.10 Å². The van der Waals surface area contributed by atoms with Crippen molar-refractivity contribution in [2.24, 2.45) is 0 Å². The Labute approximate surface area is 108 Å². The number of morpholine rings is 1. The Morgan fingerprint density at radius 3 is 3.00 bits per heavy atom. The van der Waals surface area contributed by atoms with Crippen molar-refractivity contribution in [3.63, 3.8) is 0 Å². The van der Waals surface area contributed by atoms with Crippen LogP contribution in [0.2, 0.25) is 0 Å². The highest BCUT2D eigenvalue weighted by molar-refractivity contribution is 9.09. The van der Waals surface area contributed by atoms with Crippen molar-refractivity contribution < 1.29 is 14.6 Å². The van der Waals surface area contributed by atoms with Crippen LogP contribution in [0, 0.1) is 0 Å². The number of ether oxygens (including phenoxy) is 1. The summed E-state index contributed by atoms with van der Waals surface area (Å²) in [6.45, 7) is 1.66. The summed E-state index contributed by atoms with van der Waals surface area (Å²) in [7, 11) is 0. The van der Waals surface area contributed by atoms with Gasteiger partial charge < -0.3 is 14.7 Å². The van der Waals surface area contributed by atoms with E-state index in [4.69, 9.17) is 4.74 Å². The van der Waals surface area contributed by atoms with Gasteiger partial charge in [-0.25, -0.2) is 0 Å². The van der Waals surface area contributed by atoms with Crippen molar-refractivity contribution in [1.29, 1.82) is 0 Å². The Kier molecular flexibility index (Phi) is 4.02. The number of phenolic OH excluding ortho intramolecular Hbond substituents is 1. The fourth-order valence-corrected chi connectivity index (χ4v) is 2.21. The molecule has 0 spiro atoms. The molecule has 0 aromatic heterocycles. The van der Waals surface area contributed by atoms with E-state index < -0.39 is 0 Å². The van der Waals surface area contributed by atoms with Gasteiger partial charge in [0.05, 0.1) is 18.3 Å². The smallest absolute Gasteiger partial charge is 0.257 e. The molecule has 1 saturated heterocycles. The van der Waals surface area contributed by atoms with E-state index in [0.717, 1.165) is 0 Å². The number of benzene rings is 1.